The molecule has 1 N–H and O–H groups in total. The van der Waals surface area contributed by atoms with Gasteiger partial charge in [0.15, 0.2) is 0 Å². The van der Waals surface area contributed by atoms with E-state index in [0.717, 1.165) is 20.4 Å². The number of halogens is 3. The molecular weight excluding hydrogens is 393 g/mol. The summed E-state index contributed by atoms with van der Waals surface area (Å²) in [4.78, 5) is 0. The summed E-state index contributed by atoms with van der Waals surface area (Å²) in [5.41, 5.74) is 0.965. The van der Waals surface area contributed by atoms with E-state index in [9.17, 15) is 0 Å². The average Bonchev–Trinajstić information content (AvgIpc) is 2.40. The van der Waals surface area contributed by atoms with Crippen molar-refractivity contribution in [3.8, 4) is 5.75 Å². The third kappa shape index (κ3) is 4.71. The van der Waals surface area contributed by atoms with Crippen LogP contribution in [-0.2, 0) is 0 Å². The molecule has 5 heteroatoms. The van der Waals surface area contributed by atoms with Crippen LogP contribution >= 0.6 is 43.5 Å². The predicted molar refractivity (Wildman–Crippen MR) is 87.3 cm³/mol. The third-order valence-electron chi connectivity index (χ3n) is 2.43. The molecule has 2 rings (SSSR count). The SMILES string of the molecule is Clc1ccc(Br)c(NCCOc2ccc(Br)cc2)c1. The predicted octanol–water partition coefficient (Wildman–Crippen LogP) is 5.36. The highest BCUT2D eigenvalue weighted by molar-refractivity contribution is 9.10. The molecule has 0 aliphatic rings. The first kappa shape index (κ1) is 14.7. The zero-order valence-corrected chi connectivity index (χ0v) is 13.9. The van der Waals surface area contributed by atoms with E-state index in [1.54, 1.807) is 0 Å². The smallest absolute Gasteiger partial charge is 0.119 e. The van der Waals surface area contributed by atoms with Crippen molar-refractivity contribution in [1.82, 2.24) is 0 Å². The molecule has 0 spiro atoms. The zero-order chi connectivity index (χ0) is 13.7. The van der Waals surface area contributed by atoms with Crippen molar-refractivity contribution in [2.45, 2.75) is 0 Å². The van der Waals surface area contributed by atoms with Crippen molar-refractivity contribution in [2.24, 2.45) is 0 Å². The first-order valence-corrected chi connectivity index (χ1v) is 7.69. The summed E-state index contributed by atoms with van der Waals surface area (Å²) in [6.07, 6.45) is 0. The minimum absolute atomic E-state index is 0.584. The summed E-state index contributed by atoms with van der Waals surface area (Å²) in [5, 5.41) is 3.98. The van der Waals surface area contributed by atoms with Crippen LogP contribution < -0.4 is 10.1 Å². The molecule has 0 atom stereocenters. The van der Waals surface area contributed by atoms with E-state index in [-0.39, 0.29) is 0 Å². The van der Waals surface area contributed by atoms with Crippen LogP contribution in [0.15, 0.2) is 51.4 Å². The van der Waals surface area contributed by atoms with Crippen molar-refractivity contribution < 1.29 is 4.74 Å². The molecule has 0 heterocycles. The summed E-state index contributed by atoms with van der Waals surface area (Å²) < 4.78 is 7.65. The number of hydrogen-bond acceptors (Lipinski definition) is 2. The first-order valence-electron chi connectivity index (χ1n) is 5.72. The van der Waals surface area contributed by atoms with E-state index >= 15 is 0 Å². The van der Waals surface area contributed by atoms with Gasteiger partial charge in [-0.05, 0) is 58.4 Å². The van der Waals surface area contributed by atoms with Gasteiger partial charge in [-0.3, -0.25) is 0 Å². The van der Waals surface area contributed by atoms with Crippen LogP contribution in [0.1, 0.15) is 0 Å². The fourth-order valence-corrected chi connectivity index (χ4v) is 2.34. The second-order valence-corrected chi connectivity index (χ2v) is 6.06. The number of nitrogens with one attached hydrogen (secondary N) is 1. The molecule has 0 aliphatic carbocycles. The maximum absolute atomic E-state index is 5.94. The average molecular weight is 406 g/mol. The Kier molecular flexibility index (Phi) is 5.55. The monoisotopic (exact) mass is 403 g/mol. The van der Waals surface area contributed by atoms with E-state index in [1.807, 2.05) is 42.5 Å². The van der Waals surface area contributed by atoms with E-state index in [4.69, 9.17) is 16.3 Å². The van der Waals surface area contributed by atoms with E-state index in [0.29, 0.717) is 18.2 Å². The van der Waals surface area contributed by atoms with Crippen LogP contribution in [0.5, 0.6) is 5.75 Å². The molecule has 0 amide bonds. The van der Waals surface area contributed by atoms with Gasteiger partial charge in [-0.2, -0.15) is 0 Å². The second kappa shape index (κ2) is 7.17. The molecule has 2 aromatic rings. The van der Waals surface area contributed by atoms with Gasteiger partial charge in [-0.15, -0.1) is 0 Å². The number of benzene rings is 2. The standard InChI is InChI=1S/C14H12Br2ClNO/c15-10-1-4-12(5-2-10)19-8-7-18-14-9-11(17)3-6-13(14)16/h1-6,9,18H,7-8H2. The lowest BCUT2D eigenvalue weighted by Crippen LogP contribution is -2.11. The number of ether oxygens (including phenoxy) is 1. The largest absolute Gasteiger partial charge is 0.492 e. The minimum Gasteiger partial charge on any atom is -0.492 e. The van der Waals surface area contributed by atoms with Gasteiger partial charge in [-0.25, -0.2) is 0 Å². The highest BCUT2D eigenvalue weighted by Crippen LogP contribution is 2.25. The fourth-order valence-electron chi connectivity index (χ4n) is 1.52. The van der Waals surface area contributed by atoms with Crippen LogP contribution in [0.25, 0.3) is 0 Å². The lowest BCUT2D eigenvalue weighted by atomic mass is 10.3. The molecule has 0 fully saturated rings. The van der Waals surface area contributed by atoms with Gasteiger partial charge in [0.05, 0.1) is 5.69 Å². The molecule has 0 aromatic heterocycles. The lowest BCUT2D eigenvalue weighted by molar-refractivity contribution is 0.333. The van der Waals surface area contributed by atoms with Gasteiger partial charge in [0.25, 0.3) is 0 Å². The Bertz CT molecular complexity index is 546. The van der Waals surface area contributed by atoms with E-state index in [1.165, 1.54) is 0 Å². The normalized spacial score (nSPS) is 10.3. The topological polar surface area (TPSA) is 21.3 Å². The second-order valence-electron chi connectivity index (χ2n) is 3.85. The van der Waals surface area contributed by atoms with Crippen molar-refractivity contribution in [3.05, 3.63) is 56.4 Å². The van der Waals surface area contributed by atoms with Crippen molar-refractivity contribution in [3.63, 3.8) is 0 Å². The van der Waals surface area contributed by atoms with Crippen LogP contribution in [0.4, 0.5) is 5.69 Å². The Morgan fingerprint density at radius 2 is 1.79 bits per heavy atom. The molecule has 0 bridgehead atoms. The molecule has 0 radical (unpaired) electrons. The fraction of sp³-hybridized carbons (Fsp3) is 0.143. The Balaban J connectivity index is 1.80. The third-order valence-corrected chi connectivity index (χ3v) is 3.88. The molecule has 2 nitrogen and oxygen atoms in total. The van der Waals surface area contributed by atoms with Gasteiger partial charge in [0, 0.05) is 20.5 Å². The number of anilines is 1. The molecule has 0 unspecified atom stereocenters. The molecular formula is C14H12Br2ClNO. The Morgan fingerprint density at radius 1 is 1.05 bits per heavy atom. The number of hydrogen-bond donors (Lipinski definition) is 1. The maximum Gasteiger partial charge on any atom is 0.119 e. The molecule has 0 saturated carbocycles. The molecule has 100 valence electrons. The van der Waals surface area contributed by atoms with Gasteiger partial charge >= 0.3 is 0 Å². The Hall–Kier alpha value is -0.710. The highest BCUT2D eigenvalue weighted by Gasteiger charge is 2.00. The highest BCUT2D eigenvalue weighted by atomic mass is 79.9. The van der Waals surface area contributed by atoms with Gasteiger partial charge < -0.3 is 10.1 Å². The Morgan fingerprint density at radius 3 is 2.53 bits per heavy atom. The first-order chi connectivity index (χ1) is 9.15. The van der Waals surface area contributed by atoms with Crippen molar-refractivity contribution in [2.75, 3.05) is 18.5 Å². The minimum atomic E-state index is 0.584. The Labute approximate surface area is 134 Å². The van der Waals surface area contributed by atoms with Gasteiger partial charge in [0.2, 0.25) is 0 Å². The molecule has 0 saturated heterocycles. The van der Waals surface area contributed by atoms with Gasteiger partial charge in [0.1, 0.15) is 12.4 Å². The molecule has 19 heavy (non-hydrogen) atoms. The van der Waals surface area contributed by atoms with Crippen LogP contribution in [0.3, 0.4) is 0 Å². The maximum atomic E-state index is 5.94. The van der Waals surface area contributed by atoms with Crippen LogP contribution in [0.2, 0.25) is 5.02 Å². The van der Waals surface area contributed by atoms with Gasteiger partial charge in [-0.1, -0.05) is 27.5 Å². The van der Waals surface area contributed by atoms with Crippen LogP contribution in [0, 0.1) is 0 Å². The molecule has 2 aromatic carbocycles. The summed E-state index contributed by atoms with van der Waals surface area (Å²) in [7, 11) is 0. The quantitative estimate of drug-likeness (QED) is 0.677. The number of rotatable bonds is 5. The van der Waals surface area contributed by atoms with E-state index in [2.05, 4.69) is 37.2 Å². The summed E-state index contributed by atoms with van der Waals surface area (Å²) in [5.74, 6) is 0.857. The summed E-state index contributed by atoms with van der Waals surface area (Å²) in [6.45, 7) is 1.29. The van der Waals surface area contributed by atoms with Crippen LogP contribution in [-0.4, -0.2) is 13.2 Å². The van der Waals surface area contributed by atoms with E-state index < -0.39 is 0 Å². The summed E-state index contributed by atoms with van der Waals surface area (Å²) in [6, 6.07) is 13.4. The van der Waals surface area contributed by atoms with Crippen molar-refractivity contribution in [1.29, 1.82) is 0 Å². The lowest BCUT2D eigenvalue weighted by Gasteiger charge is -2.10. The zero-order valence-electron chi connectivity index (χ0n) is 10.00. The summed E-state index contributed by atoms with van der Waals surface area (Å²) >= 11 is 12.8. The molecule has 0 aliphatic heterocycles. The van der Waals surface area contributed by atoms with Crippen molar-refractivity contribution >= 4 is 49.1 Å².